The van der Waals surface area contributed by atoms with E-state index in [1.165, 1.54) is 0 Å². The van der Waals surface area contributed by atoms with Crippen LogP contribution in [-0.2, 0) is 4.74 Å². The molecule has 1 aliphatic heterocycles. The van der Waals surface area contributed by atoms with Crippen LogP contribution in [0.2, 0.25) is 0 Å². The number of carbonyl (C=O) groups is 1. The Morgan fingerprint density at radius 2 is 2.50 bits per heavy atom. The van der Waals surface area contributed by atoms with Crippen LogP contribution >= 0.6 is 0 Å². The van der Waals surface area contributed by atoms with Gasteiger partial charge in [-0.2, -0.15) is 5.10 Å². The van der Waals surface area contributed by atoms with Crippen molar-refractivity contribution in [2.45, 2.75) is 12.5 Å². The van der Waals surface area contributed by atoms with Crippen molar-refractivity contribution in [2.75, 3.05) is 26.0 Å². The summed E-state index contributed by atoms with van der Waals surface area (Å²) in [5, 5.41) is 4.14. The van der Waals surface area contributed by atoms with E-state index in [-0.39, 0.29) is 23.3 Å². The highest BCUT2D eigenvalue weighted by molar-refractivity contribution is 5.96. The molecule has 7 nitrogen and oxygen atoms in total. The molecule has 2 rings (SSSR count). The number of ether oxygens (including phenoxy) is 1. The van der Waals surface area contributed by atoms with E-state index >= 15 is 0 Å². The molecule has 2 atom stereocenters. The first-order valence-corrected chi connectivity index (χ1v) is 5.78. The molecule has 7 heteroatoms. The fourth-order valence-electron chi connectivity index (χ4n) is 2.14. The largest absolute Gasteiger partial charge is 0.382 e. The molecular weight excluding hydrogens is 234 g/mol. The fourth-order valence-corrected chi connectivity index (χ4v) is 2.14. The van der Waals surface area contributed by atoms with E-state index in [9.17, 15) is 4.79 Å². The minimum absolute atomic E-state index is 0.00199. The van der Waals surface area contributed by atoms with Gasteiger partial charge in [0.1, 0.15) is 5.56 Å². The predicted molar refractivity (Wildman–Crippen MR) is 67.5 cm³/mol. The zero-order valence-electron chi connectivity index (χ0n) is 10.2. The predicted octanol–water partition coefficient (Wildman–Crippen LogP) is -0.158. The third-order valence-electron chi connectivity index (χ3n) is 3.08. The first-order valence-electron chi connectivity index (χ1n) is 5.78. The smallest absolute Gasteiger partial charge is 0.254 e. The van der Waals surface area contributed by atoms with Gasteiger partial charge in [0.15, 0.2) is 5.82 Å². The number of aliphatic imine (C=N–C) groups is 1. The van der Waals surface area contributed by atoms with E-state index < -0.39 is 5.91 Å². The maximum Gasteiger partial charge on any atom is 0.254 e. The standard InChI is InChI=1S/C11H17N5O2/c1-14-4-7-2-3-18-6-9(7)16-5-8(11(13)17)10(12)15-16/h4-5,7,9H,2-3,6H2,1H3,(H2,12,15)(H2,13,17)/b14-4-/t7-,9?/m1/s1. The molecule has 1 aromatic heterocycles. The number of carbonyl (C=O) groups excluding carboxylic acids is 1. The van der Waals surface area contributed by atoms with Gasteiger partial charge in [-0.3, -0.25) is 9.48 Å². The summed E-state index contributed by atoms with van der Waals surface area (Å²) in [6.45, 7) is 1.22. The summed E-state index contributed by atoms with van der Waals surface area (Å²) in [4.78, 5) is 15.2. The van der Waals surface area contributed by atoms with Crippen LogP contribution in [0.3, 0.4) is 0 Å². The van der Waals surface area contributed by atoms with Gasteiger partial charge < -0.3 is 21.2 Å². The van der Waals surface area contributed by atoms with Crippen molar-refractivity contribution in [3.63, 3.8) is 0 Å². The number of amides is 1. The number of anilines is 1. The van der Waals surface area contributed by atoms with Gasteiger partial charge >= 0.3 is 0 Å². The Hall–Kier alpha value is -1.89. The molecule has 4 N–H and O–H groups in total. The monoisotopic (exact) mass is 251 g/mol. The maximum absolute atomic E-state index is 11.2. The molecule has 0 aliphatic carbocycles. The second kappa shape index (κ2) is 5.18. The number of primary amides is 1. The molecule has 0 saturated carbocycles. The highest BCUT2D eigenvalue weighted by Crippen LogP contribution is 2.26. The number of hydrogen-bond acceptors (Lipinski definition) is 5. The molecule has 1 unspecified atom stereocenters. The normalized spacial score (nSPS) is 24.5. The third-order valence-corrected chi connectivity index (χ3v) is 3.08. The Kier molecular flexibility index (Phi) is 3.61. The van der Waals surface area contributed by atoms with Crippen LogP contribution in [0.5, 0.6) is 0 Å². The van der Waals surface area contributed by atoms with E-state index in [0.717, 1.165) is 6.42 Å². The summed E-state index contributed by atoms with van der Waals surface area (Å²) in [5.41, 5.74) is 11.1. The van der Waals surface area contributed by atoms with E-state index in [2.05, 4.69) is 10.1 Å². The van der Waals surface area contributed by atoms with Gasteiger partial charge in [0.25, 0.3) is 5.91 Å². The minimum atomic E-state index is -0.573. The Bertz CT molecular complexity index is 468. The number of nitrogen functional groups attached to an aromatic ring is 1. The van der Waals surface area contributed by atoms with E-state index in [4.69, 9.17) is 16.2 Å². The summed E-state index contributed by atoms with van der Waals surface area (Å²) in [6.07, 6.45) is 4.33. The SMILES string of the molecule is C/N=C\[C@H]1CCOCC1n1cc(C(N)=O)c(N)n1. The first-order chi connectivity index (χ1) is 8.63. The summed E-state index contributed by atoms with van der Waals surface area (Å²) in [5.74, 6) is -0.194. The molecule has 0 aromatic carbocycles. The Balaban J connectivity index is 2.28. The first kappa shape index (κ1) is 12.6. The molecular formula is C11H17N5O2. The van der Waals surface area contributed by atoms with Crippen LogP contribution in [0.4, 0.5) is 5.82 Å². The summed E-state index contributed by atoms with van der Waals surface area (Å²) in [7, 11) is 1.73. The molecule has 0 radical (unpaired) electrons. The van der Waals surface area contributed by atoms with Crippen LogP contribution in [-0.4, -0.2) is 42.2 Å². The molecule has 0 spiro atoms. The van der Waals surface area contributed by atoms with E-state index in [1.54, 1.807) is 17.9 Å². The Morgan fingerprint density at radius 1 is 1.72 bits per heavy atom. The number of rotatable bonds is 3. The van der Waals surface area contributed by atoms with Gasteiger partial charge in [0.05, 0.1) is 12.6 Å². The van der Waals surface area contributed by atoms with Crippen molar-refractivity contribution in [3.05, 3.63) is 11.8 Å². The summed E-state index contributed by atoms with van der Waals surface area (Å²) >= 11 is 0. The van der Waals surface area contributed by atoms with Crippen LogP contribution in [0, 0.1) is 5.92 Å². The quantitative estimate of drug-likeness (QED) is 0.727. The highest BCUT2D eigenvalue weighted by Gasteiger charge is 2.27. The lowest BCUT2D eigenvalue weighted by atomic mass is 9.96. The van der Waals surface area contributed by atoms with Crippen molar-refractivity contribution in [1.82, 2.24) is 9.78 Å². The number of nitrogens with zero attached hydrogens (tertiary/aromatic N) is 3. The fraction of sp³-hybridized carbons (Fsp3) is 0.545. The molecule has 98 valence electrons. The average molecular weight is 251 g/mol. The van der Waals surface area contributed by atoms with E-state index in [1.807, 2.05) is 6.21 Å². The van der Waals surface area contributed by atoms with Crippen LogP contribution in [0.1, 0.15) is 22.8 Å². The topological polar surface area (TPSA) is 109 Å². The highest BCUT2D eigenvalue weighted by atomic mass is 16.5. The summed E-state index contributed by atoms with van der Waals surface area (Å²) < 4.78 is 7.10. The molecule has 1 aliphatic rings. The second-order valence-electron chi connectivity index (χ2n) is 4.27. The molecule has 1 aromatic rings. The van der Waals surface area contributed by atoms with Gasteiger partial charge in [0, 0.05) is 32.0 Å². The Labute approximate surface area is 105 Å². The van der Waals surface area contributed by atoms with Crippen LogP contribution < -0.4 is 11.5 Å². The molecule has 1 amide bonds. The molecule has 18 heavy (non-hydrogen) atoms. The average Bonchev–Trinajstić information content (AvgIpc) is 2.72. The molecule has 1 saturated heterocycles. The number of nitrogens with two attached hydrogens (primary N) is 2. The Morgan fingerprint density at radius 3 is 3.11 bits per heavy atom. The van der Waals surface area contributed by atoms with Gasteiger partial charge in [-0.15, -0.1) is 0 Å². The molecule has 0 bridgehead atoms. The zero-order valence-corrected chi connectivity index (χ0v) is 10.2. The van der Waals surface area contributed by atoms with Crippen LogP contribution in [0.15, 0.2) is 11.2 Å². The maximum atomic E-state index is 11.2. The number of hydrogen-bond donors (Lipinski definition) is 2. The molecule has 1 fully saturated rings. The van der Waals surface area contributed by atoms with Gasteiger partial charge in [0.2, 0.25) is 0 Å². The van der Waals surface area contributed by atoms with Gasteiger partial charge in [-0.25, -0.2) is 0 Å². The third kappa shape index (κ3) is 2.35. The lowest BCUT2D eigenvalue weighted by molar-refractivity contribution is 0.0385. The van der Waals surface area contributed by atoms with Crippen molar-refractivity contribution in [3.8, 4) is 0 Å². The van der Waals surface area contributed by atoms with E-state index in [0.29, 0.717) is 13.2 Å². The van der Waals surface area contributed by atoms with Crippen LogP contribution in [0.25, 0.3) is 0 Å². The zero-order chi connectivity index (χ0) is 13.1. The van der Waals surface area contributed by atoms with Crippen molar-refractivity contribution >= 4 is 17.9 Å². The number of aromatic nitrogens is 2. The lowest BCUT2D eigenvalue weighted by Crippen LogP contribution is -2.31. The lowest BCUT2D eigenvalue weighted by Gasteiger charge is -2.29. The van der Waals surface area contributed by atoms with Crippen molar-refractivity contribution < 1.29 is 9.53 Å². The van der Waals surface area contributed by atoms with Crippen molar-refractivity contribution in [1.29, 1.82) is 0 Å². The molecule has 2 heterocycles. The summed E-state index contributed by atoms with van der Waals surface area (Å²) in [6, 6.07) is -0.00199. The second-order valence-corrected chi connectivity index (χ2v) is 4.27. The minimum Gasteiger partial charge on any atom is -0.382 e. The van der Waals surface area contributed by atoms with Crippen molar-refractivity contribution in [2.24, 2.45) is 16.6 Å². The van der Waals surface area contributed by atoms with Gasteiger partial charge in [-0.1, -0.05) is 0 Å². The van der Waals surface area contributed by atoms with Gasteiger partial charge in [-0.05, 0) is 6.42 Å².